The zero-order chi connectivity index (χ0) is 21.4. The maximum Gasteiger partial charge on any atom is 0.341 e. The lowest BCUT2D eigenvalue weighted by atomic mass is 9.95. The van der Waals surface area contributed by atoms with Crippen LogP contribution in [0.15, 0.2) is 29.2 Å². The first kappa shape index (κ1) is 20.6. The number of carboxylic acid groups (broad SMARTS) is 1. The van der Waals surface area contributed by atoms with Crippen LogP contribution in [0, 0.1) is 0 Å². The van der Waals surface area contributed by atoms with Crippen LogP contribution in [0.4, 0.5) is 5.00 Å². The molecule has 4 rings (SSSR count). The number of thiophene rings is 1. The molecule has 0 spiro atoms. The molecule has 2 heterocycles. The Morgan fingerprint density at radius 3 is 2.67 bits per heavy atom. The summed E-state index contributed by atoms with van der Waals surface area (Å²) in [5, 5.41) is 8.96. The molecule has 2 aliphatic rings. The van der Waals surface area contributed by atoms with Crippen LogP contribution >= 0.6 is 23.1 Å². The molecule has 1 fully saturated rings. The molecule has 0 bridgehead atoms. The summed E-state index contributed by atoms with van der Waals surface area (Å²) in [4.78, 5) is 52.5. The monoisotopic (exact) mass is 445 g/mol. The van der Waals surface area contributed by atoms with E-state index in [0.29, 0.717) is 15.5 Å². The molecule has 1 saturated heterocycles. The maximum absolute atomic E-state index is 13.2. The van der Waals surface area contributed by atoms with Crippen molar-refractivity contribution in [2.75, 3.05) is 12.0 Å². The van der Waals surface area contributed by atoms with Crippen molar-refractivity contribution < 1.29 is 29.0 Å². The van der Waals surface area contributed by atoms with Crippen LogP contribution in [0.25, 0.3) is 0 Å². The van der Waals surface area contributed by atoms with Crippen molar-refractivity contribution in [1.29, 1.82) is 0 Å². The van der Waals surface area contributed by atoms with E-state index < -0.39 is 29.0 Å². The van der Waals surface area contributed by atoms with E-state index in [2.05, 4.69) is 0 Å². The lowest BCUT2D eigenvalue weighted by molar-refractivity contribution is -0.121. The van der Waals surface area contributed by atoms with Crippen molar-refractivity contribution in [1.82, 2.24) is 0 Å². The van der Waals surface area contributed by atoms with Gasteiger partial charge in [-0.2, -0.15) is 0 Å². The standard InChI is InChI=1S/C21H19NO6S2/c1-28-21(27)17-11-6-2-4-8-13(11)30-19(17)22-16(23)10-15(18(22)24)29-14-9-5-3-7-12(14)20(25)26/h3,5,7,9,15H,2,4,6,8,10H2,1H3,(H,25,26)/t15-/m0/s1. The van der Waals surface area contributed by atoms with E-state index >= 15 is 0 Å². The number of rotatable bonds is 5. The maximum atomic E-state index is 13.2. The van der Waals surface area contributed by atoms with Gasteiger partial charge in [0.05, 0.1) is 23.5 Å². The van der Waals surface area contributed by atoms with E-state index in [1.54, 1.807) is 18.2 Å². The number of carbonyl (C=O) groups is 4. The molecule has 1 aromatic heterocycles. The highest BCUT2D eigenvalue weighted by molar-refractivity contribution is 8.00. The predicted octanol–water partition coefficient (Wildman–Crippen LogP) is 3.54. The summed E-state index contributed by atoms with van der Waals surface area (Å²) in [6.07, 6.45) is 3.42. The van der Waals surface area contributed by atoms with E-state index in [1.807, 2.05) is 0 Å². The molecule has 7 nitrogen and oxygen atoms in total. The summed E-state index contributed by atoms with van der Waals surface area (Å²) in [5.41, 5.74) is 1.28. The van der Waals surface area contributed by atoms with Crippen molar-refractivity contribution in [2.45, 2.75) is 42.2 Å². The highest BCUT2D eigenvalue weighted by Gasteiger charge is 2.44. The molecule has 30 heavy (non-hydrogen) atoms. The number of anilines is 1. The summed E-state index contributed by atoms with van der Waals surface area (Å²) < 4.78 is 4.94. The minimum Gasteiger partial charge on any atom is -0.478 e. The van der Waals surface area contributed by atoms with Crippen LogP contribution in [0.5, 0.6) is 0 Å². The topological polar surface area (TPSA) is 101 Å². The van der Waals surface area contributed by atoms with E-state index in [-0.39, 0.29) is 12.0 Å². The fraction of sp³-hybridized carbons (Fsp3) is 0.333. The van der Waals surface area contributed by atoms with Crippen LogP contribution < -0.4 is 4.90 Å². The smallest absolute Gasteiger partial charge is 0.341 e. The lowest BCUT2D eigenvalue weighted by Gasteiger charge is -2.16. The molecule has 2 aromatic rings. The SMILES string of the molecule is COC(=O)c1c(N2C(=O)C[C@H](Sc3ccccc3C(=O)O)C2=O)sc2c1CCCC2. The van der Waals surface area contributed by atoms with Gasteiger partial charge in [-0.25, -0.2) is 14.5 Å². The van der Waals surface area contributed by atoms with Gasteiger partial charge < -0.3 is 9.84 Å². The predicted molar refractivity (Wildman–Crippen MR) is 112 cm³/mol. The van der Waals surface area contributed by atoms with Gasteiger partial charge >= 0.3 is 11.9 Å². The zero-order valence-electron chi connectivity index (χ0n) is 16.2. The minimum absolute atomic E-state index is 0.0549. The Balaban J connectivity index is 1.68. The second-order valence-electron chi connectivity index (χ2n) is 7.06. The van der Waals surface area contributed by atoms with Gasteiger partial charge in [-0.1, -0.05) is 12.1 Å². The molecule has 0 radical (unpaired) electrons. The van der Waals surface area contributed by atoms with Gasteiger partial charge in [-0.3, -0.25) is 9.59 Å². The van der Waals surface area contributed by atoms with Gasteiger partial charge in [0, 0.05) is 16.2 Å². The van der Waals surface area contributed by atoms with Gasteiger partial charge in [-0.15, -0.1) is 23.1 Å². The van der Waals surface area contributed by atoms with Gasteiger partial charge in [0.1, 0.15) is 5.00 Å². The van der Waals surface area contributed by atoms with Crippen LogP contribution in [-0.4, -0.2) is 41.2 Å². The number of hydrogen-bond donors (Lipinski definition) is 1. The number of hydrogen-bond acceptors (Lipinski definition) is 7. The van der Waals surface area contributed by atoms with E-state index in [4.69, 9.17) is 4.74 Å². The number of aromatic carboxylic acids is 1. The molecule has 2 amide bonds. The van der Waals surface area contributed by atoms with E-state index in [9.17, 15) is 24.3 Å². The number of esters is 1. The first-order valence-electron chi connectivity index (χ1n) is 9.51. The number of fused-ring (bicyclic) bond motifs is 1. The zero-order valence-corrected chi connectivity index (χ0v) is 17.8. The molecular formula is C21H19NO6S2. The first-order valence-corrected chi connectivity index (χ1v) is 11.2. The van der Waals surface area contributed by atoms with E-state index in [1.165, 1.54) is 24.5 Å². The third kappa shape index (κ3) is 3.52. The van der Waals surface area contributed by atoms with Crippen LogP contribution in [0.2, 0.25) is 0 Å². The molecule has 156 valence electrons. The Morgan fingerprint density at radius 1 is 1.20 bits per heavy atom. The summed E-state index contributed by atoms with van der Waals surface area (Å²) in [6.45, 7) is 0. The fourth-order valence-corrected chi connectivity index (χ4v) is 6.41. The number of thioether (sulfide) groups is 1. The average Bonchev–Trinajstić information content (AvgIpc) is 3.24. The highest BCUT2D eigenvalue weighted by atomic mass is 32.2. The second-order valence-corrected chi connectivity index (χ2v) is 9.39. The molecule has 1 aromatic carbocycles. The quantitative estimate of drug-likeness (QED) is 0.555. The van der Waals surface area contributed by atoms with Crippen molar-refractivity contribution >= 4 is 51.9 Å². The summed E-state index contributed by atoms with van der Waals surface area (Å²) in [7, 11) is 1.29. The van der Waals surface area contributed by atoms with Crippen molar-refractivity contribution in [3.8, 4) is 0 Å². The largest absolute Gasteiger partial charge is 0.478 e. The van der Waals surface area contributed by atoms with Crippen LogP contribution in [0.1, 0.15) is 50.4 Å². The Kier molecular flexibility index (Phi) is 5.66. The Bertz CT molecular complexity index is 1060. The number of amides is 2. The van der Waals surface area contributed by atoms with Crippen LogP contribution in [-0.2, 0) is 27.2 Å². The summed E-state index contributed by atoms with van der Waals surface area (Å²) in [5.74, 6) is -2.47. The second kappa shape index (κ2) is 8.23. The lowest BCUT2D eigenvalue weighted by Crippen LogP contribution is -2.31. The fourth-order valence-electron chi connectivity index (χ4n) is 3.83. The minimum atomic E-state index is -1.09. The number of carboxylic acids is 1. The molecule has 1 N–H and O–H groups in total. The number of imide groups is 1. The summed E-state index contributed by atoms with van der Waals surface area (Å²) >= 11 is 2.37. The molecular weight excluding hydrogens is 426 g/mol. The Morgan fingerprint density at radius 2 is 1.93 bits per heavy atom. The third-order valence-electron chi connectivity index (χ3n) is 5.24. The Labute approximate surface area is 181 Å². The molecule has 1 aliphatic heterocycles. The molecule has 1 aliphatic carbocycles. The number of nitrogens with zero attached hydrogens (tertiary/aromatic N) is 1. The van der Waals surface area contributed by atoms with Crippen molar-refractivity contribution in [2.24, 2.45) is 0 Å². The van der Waals surface area contributed by atoms with Gasteiger partial charge in [0.2, 0.25) is 11.8 Å². The molecule has 9 heteroatoms. The van der Waals surface area contributed by atoms with Gasteiger partial charge in [0.15, 0.2) is 0 Å². The van der Waals surface area contributed by atoms with Gasteiger partial charge in [-0.05, 0) is 43.4 Å². The van der Waals surface area contributed by atoms with Crippen molar-refractivity contribution in [3.63, 3.8) is 0 Å². The average molecular weight is 446 g/mol. The molecule has 0 saturated carbocycles. The first-order chi connectivity index (χ1) is 14.4. The number of carbonyl (C=O) groups excluding carboxylic acids is 3. The third-order valence-corrected chi connectivity index (χ3v) is 7.78. The number of ether oxygens (including phenoxy) is 1. The van der Waals surface area contributed by atoms with E-state index in [0.717, 1.165) is 52.8 Å². The normalized spacial score (nSPS) is 18.4. The van der Waals surface area contributed by atoms with Crippen LogP contribution in [0.3, 0.4) is 0 Å². The summed E-state index contributed by atoms with van der Waals surface area (Å²) in [6, 6.07) is 6.39. The Hall–Kier alpha value is -2.65. The number of aryl methyl sites for hydroxylation is 1. The number of benzene rings is 1. The highest BCUT2D eigenvalue weighted by Crippen LogP contribution is 2.44. The molecule has 0 unspecified atom stereocenters. The van der Waals surface area contributed by atoms with Gasteiger partial charge in [0.25, 0.3) is 0 Å². The number of methoxy groups -OCH3 is 1. The molecule has 1 atom stereocenters. The van der Waals surface area contributed by atoms with Crippen molar-refractivity contribution in [3.05, 3.63) is 45.8 Å².